The molecule has 0 spiro atoms. The third kappa shape index (κ3) is 5.01. The maximum absolute atomic E-state index is 12.6. The van der Waals surface area contributed by atoms with E-state index in [9.17, 15) is 4.79 Å². The van der Waals surface area contributed by atoms with Crippen LogP contribution in [0.1, 0.15) is 33.1 Å². The van der Waals surface area contributed by atoms with Gasteiger partial charge in [0.05, 0.1) is 18.4 Å². The minimum absolute atomic E-state index is 0.0490. The molecule has 1 aromatic carbocycles. The lowest BCUT2D eigenvalue weighted by atomic mass is 9.78. The van der Waals surface area contributed by atoms with E-state index in [0.29, 0.717) is 35.1 Å². The normalized spacial score (nSPS) is 21.6. The summed E-state index contributed by atoms with van der Waals surface area (Å²) in [5, 5.41) is 12.6. The van der Waals surface area contributed by atoms with Crippen molar-refractivity contribution in [3.05, 3.63) is 36.9 Å². The van der Waals surface area contributed by atoms with Crippen LogP contribution >= 0.6 is 11.8 Å². The van der Waals surface area contributed by atoms with Crippen LogP contribution in [-0.2, 0) is 11.3 Å². The van der Waals surface area contributed by atoms with E-state index in [0.717, 1.165) is 17.7 Å². The van der Waals surface area contributed by atoms with Crippen molar-refractivity contribution in [3.8, 4) is 17.1 Å². The van der Waals surface area contributed by atoms with Crippen LogP contribution in [0.3, 0.4) is 0 Å². The number of nitrogens with one attached hydrogen (secondary N) is 1. The molecule has 7 heteroatoms. The summed E-state index contributed by atoms with van der Waals surface area (Å²) in [6.45, 7) is 8.91. The zero-order valence-electron chi connectivity index (χ0n) is 17.4. The van der Waals surface area contributed by atoms with Gasteiger partial charge in [0, 0.05) is 12.6 Å². The third-order valence-corrected chi connectivity index (χ3v) is 6.73. The van der Waals surface area contributed by atoms with Gasteiger partial charge in [-0.25, -0.2) is 0 Å². The Balaban J connectivity index is 1.70. The Morgan fingerprint density at radius 2 is 2.14 bits per heavy atom. The molecule has 6 nitrogen and oxygen atoms in total. The van der Waals surface area contributed by atoms with E-state index < -0.39 is 0 Å². The largest absolute Gasteiger partial charge is 0.496 e. The Bertz CT molecular complexity index is 851. The summed E-state index contributed by atoms with van der Waals surface area (Å²) >= 11 is 1.40. The highest BCUT2D eigenvalue weighted by Gasteiger charge is 2.28. The number of ether oxygens (including phenoxy) is 1. The quantitative estimate of drug-likeness (QED) is 0.519. The standard InChI is InChI=1S/C22H30N4O2S/c1-5-13-26-21(17-10-6-7-12-19(17)28-4)24-25-22(26)29-14-20(27)23-18-11-8-9-15(2)16(18)3/h5-7,10,12,15-16,18H,1,8-9,11,13-14H2,2-4H3,(H,23,27)/t15-,16+,18-/m0/s1. The molecule has 29 heavy (non-hydrogen) atoms. The first-order valence-corrected chi connectivity index (χ1v) is 11.1. The van der Waals surface area contributed by atoms with Gasteiger partial charge >= 0.3 is 0 Å². The zero-order chi connectivity index (χ0) is 20.8. The molecule has 1 saturated carbocycles. The number of para-hydroxylation sites is 1. The van der Waals surface area contributed by atoms with E-state index in [1.807, 2.05) is 28.8 Å². The predicted molar refractivity (Wildman–Crippen MR) is 117 cm³/mol. The maximum atomic E-state index is 12.6. The molecule has 1 aromatic heterocycles. The lowest BCUT2D eigenvalue weighted by molar-refractivity contribution is -0.120. The SMILES string of the molecule is C=CCn1c(SCC(=O)N[C@H]2CCC[C@H](C)[C@H]2C)nnc1-c1ccccc1OC. The molecule has 1 amide bonds. The summed E-state index contributed by atoms with van der Waals surface area (Å²) in [7, 11) is 1.64. The third-order valence-electron chi connectivity index (χ3n) is 5.76. The molecule has 0 bridgehead atoms. The molecular formula is C22H30N4O2S. The molecule has 1 aliphatic carbocycles. The average Bonchev–Trinajstić information content (AvgIpc) is 3.12. The van der Waals surface area contributed by atoms with Crippen molar-refractivity contribution in [1.82, 2.24) is 20.1 Å². The van der Waals surface area contributed by atoms with E-state index in [1.165, 1.54) is 24.6 Å². The monoisotopic (exact) mass is 414 g/mol. The summed E-state index contributed by atoms with van der Waals surface area (Å²) in [5.74, 6) is 2.98. The number of benzene rings is 1. The molecule has 0 aliphatic heterocycles. The average molecular weight is 415 g/mol. The summed E-state index contributed by atoms with van der Waals surface area (Å²) in [4.78, 5) is 12.6. The molecule has 1 aliphatic rings. The zero-order valence-corrected chi connectivity index (χ0v) is 18.2. The minimum atomic E-state index is 0.0490. The first-order chi connectivity index (χ1) is 14.0. The predicted octanol–water partition coefficient (Wildman–Crippen LogP) is 4.17. The summed E-state index contributed by atoms with van der Waals surface area (Å²) in [5.41, 5.74) is 0.866. The van der Waals surface area contributed by atoms with Crippen molar-refractivity contribution < 1.29 is 9.53 Å². The number of hydrogen-bond donors (Lipinski definition) is 1. The number of carbonyl (C=O) groups is 1. The van der Waals surface area contributed by atoms with Gasteiger partial charge in [0.2, 0.25) is 5.91 Å². The van der Waals surface area contributed by atoms with Crippen LogP contribution in [0.4, 0.5) is 0 Å². The fourth-order valence-electron chi connectivity index (χ4n) is 3.88. The molecule has 0 unspecified atom stereocenters. The van der Waals surface area contributed by atoms with Gasteiger partial charge in [0.15, 0.2) is 11.0 Å². The molecule has 1 heterocycles. The second-order valence-electron chi connectivity index (χ2n) is 7.64. The second-order valence-corrected chi connectivity index (χ2v) is 8.58. The van der Waals surface area contributed by atoms with Crippen LogP contribution < -0.4 is 10.1 Å². The molecule has 1 fully saturated rings. The van der Waals surface area contributed by atoms with Gasteiger partial charge in [0.1, 0.15) is 5.75 Å². The molecule has 3 atom stereocenters. The molecular weight excluding hydrogens is 384 g/mol. The molecule has 156 valence electrons. The molecule has 3 rings (SSSR count). The van der Waals surface area contributed by atoms with E-state index in [2.05, 4.69) is 35.9 Å². The van der Waals surface area contributed by atoms with Gasteiger partial charge < -0.3 is 10.1 Å². The number of carbonyl (C=O) groups excluding carboxylic acids is 1. The summed E-state index contributed by atoms with van der Waals surface area (Å²) in [6, 6.07) is 7.98. The van der Waals surface area contributed by atoms with Gasteiger partial charge in [-0.15, -0.1) is 16.8 Å². The minimum Gasteiger partial charge on any atom is -0.496 e. The lowest BCUT2D eigenvalue weighted by Gasteiger charge is -2.34. The fraction of sp³-hybridized carbons (Fsp3) is 0.500. The first kappa shape index (κ1) is 21.4. The Hall–Kier alpha value is -2.28. The smallest absolute Gasteiger partial charge is 0.230 e. The van der Waals surface area contributed by atoms with Gasteiger partial charge in [-0.1, -0.05) is 56.7 Å². The topological polar surface area (TPSA) is 69.0 Å². The van der Waals surface area contributed by atoms with Crippen molar-refractivity contribution >= 4 is 17.7 Å². The Morgan fingerprint density at radius 3 is 2.90 bits per heavy atom. The second kappa shape index (κ2) is 9.96. The Morgan fingerprint density at radius 1 is 1.34 bits per heavy atom. The van der Waals surface area contributed by atoms with Crippen molar-refractivity contribution in [2.24, 2.45) is 11.8 Å². The van der Waals surface area contributed by atoms with Crippen molar-refractivity contribution in [3.63, 3.8) is 0 Å². The number of nitrogens with zero attached hydrogens (tertiary/aromatic N) is 3. The highest BCUT2D eigenvalue weighted by atomic mass is 32.2. The molecule has 2 aromatic rings. The van der Waals surface area contributed by atoms with Gasteiger partial charge in [0.25, 0.3) is 0 Å². The van der Waals surface area contributed by atoms with Gasteiger partial charge in [-0.2, -0.15) is 0 Å². The molecule has 0 radical (unpaired) electrons. The van der Waals surface area contributed by atoms with Crippen LogP contribution in [0.2, 0.25) is 0 Å². The van der Waals surface area contributed by atoms with E-state index >= 15 is 0 Å². The number of methoxy groups -OCH3 is 1. The fourth-order valence-corrected chi connectivity index (χ4v) is 4.64. The van der Waals surface area contributed by atoms with Crippen LogP contribution in [0, 0.1) is 11.8 Å². The Kier molecular flexibility index (Phi) is 7.36. The highest BCUT2D eigenvalue weighted by Crippen LogP contribution is 2.32. The Labute approximate surface area is 177 Å². The van der Waals surface area contributed by atoms with Crippen molar-refractivity contribution in [2.75, 3.05) is 12.9 Å². The van der Waals surface area contributed by atoms with E-state index in [4.69, 9.17) is 4.74 Å². The summed E-state index contributed by atoms with van der Waals surface area (Å²) in [6.07, 6.45) is 5.29. The summed E-state index contributed by atoms with van der Waals surface area (Å²) < 4.78 is 7.43. The van der Waals surface area contributed by atoms with Crippen LogP contribution in [0.5, 0.6) is 5.75 Å². The lowest BCUT2D eigenvalue weighted by Crippen LogP contribution is -2.44. The molecule has 1 N–H and O–H groups in total. The van der Waals surface area contributed by atoms with E-state index in [1.54, 1.807) is 13.2 Å². The highest BCUT2D eigenvalue weighted by molar-refractivity contribution is 7.99. The van der Waals surface area contributed by atoms with Crippen LogP contribution in [0.15, 0.2) is 42.1 Å². The van der Waals surface area contributed by atoms with Crippen molar-refractivity contribution in [2.45, 2.75) is 50.9 Å². The maximum Gasteiger partial charge on any atom is 0.230 e. The molecule has 0 saturated heterocycles. The number of rotatable bonds is 8. The number of amides is 1. The van der Waals surface area contributed by atoms with Crippen LogP contribution in [-0.4, -0.2) is 39.6 Å². The van der Waals surface area contributed by atoms with Gasteiger partial charge in [-0.3, -0.25) is 9.36 Å². The van der Waals surface area contributed by atoms with Crippen LogP contribution in [0.25, 0.3) is 11.4 Å². The first-order valence-electron chi connectivity index (χ1n) is 10.1. The van der Waals surface area contributed by atoms with Gasteiger partial charge in [-0.05, 0) is 30.4 Å². The number of thioether (sulfide) groups is 1. The number of allylic oxidation sites excluding steroid dienone is 1. The number of aromatic nitrogens is 3. The number of hydrogen-bond acceptors (Lipinski definition) is 5. The van der Waals surface area contributed by atoms with E-state index in [-0.39, 0.29) is 11.9 Å². The van der Waals surface area contributed by atoms with Crippen molar-refractivity contribution in [1.29, 1.82) is 0 Å².